The molecule has 140 valence electrons. The zero-order valence-corrected chi connectivity index (χ0v) is 16.0. The molecule has 5 nitrogen and oxygen atoms in total. The highest BCUT2D eigenvalue weighted by Gasteiger charge is 2.25. The van der Waals surface area contributed by atoms with Gasteiger partial charge in [-0.15, -0.1) is 0 Å². The van der Waals surface area contributed by atoms with E-state index in [1.165, 1.54) is 9.36 Å². The molecule has 5 heteroatoms. The zero-order chi connectivity index (χ0) is 19.5. The summed E-state index contributed by atoms with van der Waals surface area (Å²) in [6.45, 7) is 4.17. The summed E-state index contributed by atoms with van der Waals surface area (Å²) in [6, 6.07) is 21.8. The van der Waals surface area contributed by atoms with Gasteiger partial charge in [0.05, 0.1) is 11.4 Å². The lowest BCUT2D eigenvalue weighted by Gasteiger charge is -2.12. The lowest BCUT2D eigenvalue weighted by atomic mass is 9.95. The number of carbonyl (C=O) groups excluding carboxylic acids is 1. The number of carbonyl (C=O) groups is 1. The Hall–Kier alpha value is -3.47. The van der Waals surface area contributed by atoms with Gasteiger partial charge in [-0.25, -0.2) is 4.79 Å². The molecule has 0 saturated heterocycles. The van der Waals surface area contributed by atoms with Crippen LogP contribution < -0.4 is 0 Å². The molecule has 4 aromatic rings. The molecule has 0 fully saturated rings. The normalized spacial score (nSPS) is 11.1. The summed E-state index contributed by atoms with van der Waals surface area (Å²) in [5.41, 5.74) is 5.04. The highest BCUT2D eigenvalue weighted by molar-refractivity contribution is 5.82. The average Bonchev–Trinajstić information content (AvgIpc) is 3.37. The lowest BCUT2D eigenvalue weighted by molar-refractivity contribution is 0.237. The average molecular weight is 370 g/mol. The van der Waals surface area contributed by atoms with E-state index in [4.69, 9.17) is 5.10 Å². The largest absolute Gasteiger partial charge is 0.369 e. The Morgan fingerprint density at radius 2 is 1.64 bits per heavy atom. The van der Waals surface area contributed by atoms with E-state index < -0.39 is 0 Å². The SMILES string of the molecule is CC(C)c1c(-c2ccccc2)c(Cc2ccccc2)nn1C(=O)n1cccn1. The molecule has 0 N–H and O–H groups in total. The third kappa shape index (κ3) is 3.39. The second-order valence-electron chi connectivity index (χ2n) is 7.04. The summed E-state index contributed by atoms with van der Waals surface area (Å²) in [6.07, 6.45) is 3.90. The highest BCUT2D eigenvalue weighted by Crippen LogP contribution is 2.34. The standard InChI is InChI=1S/C23H22N4O/c1-17(2)22-21(19-12-7-4-8-13-19)20(16-18-10-5-3-6-11-18)25-27(22)23(28)26-15-9-14-24-26/h3-15,17H,16H2,1-2H3. The zero-order valence-electron chi connectivity index (χ0n) is 16.0. The van der Waals surface area contributed by atoms with Gasteiger partial charge in [0, 0.05) is 24.4 Å². The van der Waals surface area contributed by atoms with Gasteiger partial charge in [0.1, 0.15) is 0 Å². The van der Waals surface area contributed by atoms with E-state index in [2.05, 4.69) is 43.2 Å². The van der Waals surface area contributed by atoms with Gasteiger partial charge in [0.15, 0.2) is 0 Å². The number of benzene rings is 2. The van der Waals surface area contributed by atoms with Crippen molar-refractivity contribution in [2.75, 3.05) is 0 Å². The smallest absolute Gasteiger partial charge is 0.244 e. The van der Waals surface area contributed by atoms with Crippen molar-refractivity contribution in [2.24, 2.45) is 0 Å². The summed E-state index contributed by atoms with van der Waals surface area (Å²) in [4.78, 5) is 13.1. The van der Waals surface area contributed by atoms with Gasteiger partial charge in [-0.05, 0) is 23.1 Å². The molecule has 2 aromatic heterocycles. The first-order chi connectivity index (χ1) is 13.6. The Bertz CT molecular complexity index is 1060. The minimum absolute atomic E-state index is 0.117. The third-order valence-corrected chi connectivity index (χ3v) is 4.70. The molecular formula is C23H22N4O. The van der Waals surface area contributed by atoms with Crippen LogP contribution in [0, 0.1) is 0 Å². The van der Waals surface area contributed by atoms with Crippen molar-refractivity contribution in [3.8, 4) is 11.1 Å². The van der Waals surface area contributed by atoms with Crippen LogP contribution in [0.3, 0.4) is 0 Å². The van der Waals surface area contributed by atoms with Crippen LogP contribution in [0.2, 0.25) is 0 Å². The number of hydrogen-bond acceptors (Lipinski definition) is 3. The maximum Gasteiger partial charge on any atom is 0.369 e. The van der Waals surface area contributed by atoms with Crippen LogP contribution >= 0.6 is 0 Å². The van der Waals surface area contributed by atoms with E-state index in [-0.39, 0.29) is 11.9 Å². The van der Waals surface area contributed by atoms with Crippen molar-refractivity contribution in [1.29, 1.82) is 0 Å². The molecule has 0 unspecified atom stereocenters. The summed E-state index contributed by atoms with van der Waals surface area (Å²) in [7, 11) is 0. The molecule has 28 heavy (non-hydrogen) atoms. The third-order valence-electron chi connectivity index (χ3n) is 4.70. The Labute approximate surface area is 164 Å². The molecule has 0 aliphatic carbocycles. The van der Waals surface area contributed by atoms with Gasteiger partial charge in [-0.1, -0.05) is 74.5 Å². The molecule has 0 spiro atoms. The molecular weight excluding hydrogens is 348 g/mol. The minimum Gasteiger partial charge on any atom is -0.244 e. The molecule has 0 bridgehead atoms. The number of aromatic nitrogens is 4. The summed E-state index contributed by atoms with van der Waals surface area (Å²) in [5, 5.41) is 8.86. The summed E-state index contributed by atoms with van der Waals surface area (Å²) >= 11 is 0. The van der Waals surface area contributed by atoms with Crippen LogP contribution in [-0.2, 0) is 6.42 Å². The predicted octanol–water partition coefficient (Wildman–Crippen LogP) is 4.98. The minimum atomic E-state index is -0.273. The number of hydrogen-bond donors (Lipinski definition) is 0. The fourth-order valence-corrected chi connectivity index (χ4v) is 3.47. The van der Waals surface area contributed by atoms with Crippen molar-refractivity contribution in [1.82, 2.24) is 19.6 Å². The van der Waals surface area contributed by atoms with Crippen molar-refractivity contribution >= 4 is 6.03 Å². The van der Waals surface area contributed by atoms with Gasteiger partial charge in [-0.3, -0.25) is 0 Å². The predicted molar refractivity (Wildman–Crippen MR) is 109 cm³/mol. The fourth-order valence-electron chi connectivity index (χ4n) is 3.47. The van der Waals surface area contributed by atoms with Crippen molar-refractivity contribution in [2.45, 2.75) is 26.2 Å². The molecule has 0 atom stereocenters. The molecule has 2 aromatic carbocycles. The van der Waals surface area contributed by atoms with Crippen molar-refractivity contribution in [3.63, 3.8) is 0 Å². The number of rotatable bonds is 4. The lowest BCUT2D eigenvalue weighted by Crippen LogP contribution is -2.23. The van der Waals surface area contributed by atoms with E-state index in [0.29, 0.717) is 6.42 Å². The van der Waals surface area contributed by atoms with E-state index in [0.717, 1.165) is 28.1 Å². The monoisotopic (exact) mass is 370 g/mol. The summed E-state index contributed by atoms with van der Waals surface area (Å²) < 4.78 is 2.83. The fraction of sp³-hybridized carbons (Fsp3) is 0.174. The first-order valence-corrected chi connectivity index (χ1v) is 9.40. The molecule has 0 aliphatic rings. The van der Waals surface area contributed by atoms with Gasteiger partial charge in [0.25, 0.3) is 0 Å². The van der Waals surface area contributed by atoms with E-state index >= 15 is 0 Å². The Morgan fingerprint density at radius 3 is 2.25 bits per heavy atom. The second kappa shape index (κ2) is 7.64. The van der Waals surface area contributed by atoms with Crippen molar-refractivity contribution in [3.05, 3.63) is 96.1 Å². The maximum atomic E-state index is 13.1. The van der Waals surface area contributed by atoms with Gasteiger partial charge in [-0.2, -0.15) is 19.6 Å². The molecule has 2 heterocycles. The number of nitrogens with zero attached hydrogens (tertiary/aromatic N) is 4. The quantitative estimate of drug-likeness (QED) is 0.509. The molecule has 0 amide bonds. The molecule has 0 saturated carbocycles. The Morgan fingerprint density at radius 1 is 0.964 bits per heavy atom. The summed E-state index contributed by atoms with van der Waals surface area (Å²) in [5.74, 6) is 0.117. The van der Waals surface area contributed by atoms with Crippen LogP contribution in [0.25, 0.3) is 11.1 Å². The Balaban J connectivity index is 1.91. The van der Waals surface area contributed by atoms with Crippen LogP contribution in [0.1, 0.15) is 36.7 Å². The Kier molecular flexibility index (Phi) is 4.89. The second-order valence-corrected chi connectivity index (χ2v) is 7.04. The van der Waals surface area contributed by atoms with E-state index in [1.807, 2.05) is 36.4 Å². The maximum absolute atomic E-state index is 13.1. The first kappa shape index (κ1) is 17.9. The van der Waals surface area contributed by atoms with Crippen LogP contribution in [-0.4, -0.2) is 25.6 Å². The van der Waals surface area contributed by atoms with E-state index in [9.17, 15) is 4.79 Å². The molecule has 0 aliphatic heterocycles. The van der Waals surface area contributed by atoms with Gasteiger partial charge in [0.2, 0.25) is 0 Å². The highest BCUT2D eigenvalue weighted by atomic mass is 16.2. The van der Waals surface area contributed by atoms with Gasteiger partial charge < -0.3 is 0 Å². The van der Waals surface area contributed by atoms with Crippen LogP contribution in [0.4, 0.5) is 4.79 Å². The van der Waals surface area contributed by atoms with Crippen LogP contribution in [0.5, 0.6) is 0 Å². The first-order valence-electron chi connectivity index (χ1n) is 9.40. The van der Waals surface area contributed by atoms with E-state index in [1.54, 1.807) is 18.5 Å². The van der Waals surface area contributed by atoms with Crippen LogP contribution in [0.15, 0.2) is 79.1 Å². The van der Waals surface area contributed by atoms with Gasteiger partial charge >= 0.3 is 6.03 Å². The topological polar surface area (TPSA) is 52.7 Å². The van der Waals surface area contributed by atoms with Crippen molar-refractivity contribution < 1.29 is 4.79 Å². The molecule has 4 rings (SSSR count). The molecule has 0 radical (unpaired) electrons.